The second-order valence-corrected chi connectivity index (χ2v) is 7.08. The third kappa shape index (κ3) is 4.48. The van der Waals surface area contributed by atoms with E-state index in [0.717, 1.165) is 38.5 Å². The van der Waals surface area contributed by atoms with Crippen LogP contribution < -0.4 is 14.8 Å². The second kappa shape index (κ2) is 8.93. The molecule has 4 nitrogen and oxygen atoms in total. The van der Waals surface area contributed by atoms with E-state index in [1.54, 1.807) is 14.2 Å². The predicted octanol–water partition coefficient (Wildman–Crippen LogP) is 4.97. The van der Waals surface area contributed by atoms with Gasteiger partial charge in [0, 0.05) is 12.0 Å². The molecule has 0 radical (unpaired) electrons. The standard InChI is InChI=1S/C22H29NO3/c1-25-16-13-14-20(26-2)19(15-16)23-22(24)21-17-11-9-7-5-3-4-6-8-10-12-18(17)21/h5-8,13-15,17-18,21H,3-4,9-12H2,1-2H3,(H,23,24)/b7-5-,8-6+. The molecule has 1 saturated carbocycles. The first-order chi connectivity index (χ1) is 12.7. The highest BCUT2D eigenvalue weighted by Crippen LogP contribution is 2.53. The van der Waals surface area contributed by atoms with Crippen molar-refractivity contribution >= 4 is 11.6 Å². The molecular formula is C22H29NO3. The highest BCUT2D eigenvalue weighted by atomic mass is 16.5. The number of ether oxygens (including phenoxy) is 2. The summed E-state index contributed by atoms with van der Waals surface area (Å²) in [4.78, 5) is 12.9. The van der Waals surface area contributed by atoms with Crippen molar-refractivity contribution in [3.63, 3.8) is 0 Å². The molecule has 0 spiro atoms. The van der Waals surface area contributed by atoms with Crippen LogP contribution in [0, 0.1) is 17.8 Å². The average molecular weight is 355 g/mol. The minimum absolute atomic E-state index is 0.105. The lowest BCUT2D eigenvalue weighted by atomic mass is 10.1. The van der Waals surface area contributed by atoms with Crippen molar-refractivity contribution in [1.82, 2.24) is 0 Å². The fourth-order valence-corrected chi connectivity index (χ4v) is 3.99. The first-order valence-electron chi connectivity index (χ1n) is 9.57. The van der Waals surface area contributed by atoms with E-state index >= 15 is 0 Å². The maximum atomic E-state index is 12.9. The number of carbonyl (C=O) groups excluding carboxylic acids is 1. The van der Waals surface area contributed by atoms with Gasteiger partial charge in [0.2, 0.25) is 5.91 Å². The molecule has 2 aliphatic carbocycles. The number of nitrogens with one attached hydrogen (secondary N) is 1. The monoisotopic (exact) mass is 355 g/mol. The Labute approximate surface area is 156 Å². The highest BCUT2D eigenvalue weighted by molar-refractivity contribution is 5.96. The van der Waals surface area contributed by atoms with Crippen molar-refractivity contribution in [2.24, 2.45) is 17.8 Å². The Bertz CT molecular complexity index is 656. The predicted molar refractivity (Wildman–Crippen MR) is 105 cm³/mol. The van der Waals surface area contributed by atoms with Gasteiger partial charge >= 0.3 is 0 Å². The molecule has 0 bridgehead atoms. The minimum Gasteiger partial charge on any atom is -0.497 e. The Hall–Kier alpha value is -2.23. The molecule has 3 rings (SSSR count). The van der Waals surface area contributed by atoms with E-state index in [1.165, 1.54) is 0 Å². The van der Waals surface area contributed by atoms with Gasteiger partial charge in [-0.25, -0.2) is 0 Å². The van der Waals surface area contributed by atoms with Crippen LogP contribution in [0.1, 0.15) is 38.5 Å². The fourth-order valence-electron chi connectivity index (χ4n) is 3.99. The van der Waals surface area contributed by atoms with Crippen LogP contribution in [0.5, 0.6) is 11.5 Å². The quantitative estimate of drug-likeness (QED) is 0.776. The molecular weight excluding hydrogens is 326 g/mol. The van der Waals surface area contributed by atoms with Gasteiger partial charge < -0.3 is 14.8 Å². The van der Waals surface area contributed by atoms with E-state index in [2.05, 4.69) is 29.6 Å². The Morgan fingerprint density at radius 1 is 0.923 bits per heavy atom. The Kier molecular flexibility index (Phi) is 6.37. The summed E-state index contributed by atoms with van der Waals surface area (Å²) in [5.74, 6) is 2.55. The molecule has 4 heteroatoms. The molecule has 1 amide bonds. The minimum atomic E-state index is 0.105. The smallest absolute Gasteiger partial charge is 0.228 e. The van der Waals surface area contributed by atoms with Crippen LogP contribution in [-0.2, 0) is 4.79 Å². The molecule has 1 fully saturated rings. The molecule has 3 atom stereocenters. The van der Waals surface area contributed by atoms with Gasteiger partial charge in [0.15, 0.2) is 0 Å². The second-order valence-electron chi connectivity index (χ2n) is 7.08. The van der Waals surface area contributed by atoms with E-state index < -0.39 is 0 Å². The van der Waals surface area contributed by atoms with Gasteiger partial charge in [0.1, 0.15) is 11.5 Å². The highest BCUT2D eigenvalue weighted by Gasteiger charge is 2.52. The first-order valence-corrected chi connectivity index (χ1v) is 9.57. The number of hydrogen-bond acceptors (Lipinski definition) is 3. The lowest BCUT2D eigenvalue weighted by molar-refractivity contribution is -0.117. The Balaban J connectivity index is 1.68. The molecule has 0 aromatic heterocycles. The normalized spacial score (nSPS) is 27.8. The van der Waals surface area contributed by atoms with Crippen LogP contribution in [-0.4, -0.2) is 20.1 Å². The third-order valence-corrected chi connectivity index (χ3v) is 5.47. The van der Waals surface area contributed by atoms with Crippen LogP contribution in [0.4, 0.5) is 5.69 Å². The number of carbonyl (C=O) groups is 1. The molecule has 1 aromatic carbocycles. The number of amides is 1. The van der Waals surface area contributed by atoms with Gasteiger partial charge in [-0.05, 0) is 62.5 Å². The fraction of sp³-hybridized carbons (Fsp3) is 0.500. The first kappa shape index (κ1) is 18.6. The Morgan fingerprint density at radius 3 is 2.12 bits per heavy atom. The van der Waals surface area contributed by atoms with Crippen LogP contribution >= 0.6 is 0 Å². The van der Waals surface area contributed by atoms with Crippen LogP contribution in [0.2, 0.25) is 0 Å². The number of rotatable bonds is 4. The lowest BCUT2D eigenvalue weighted by Gasteiger charge is -2.12. The summed E-state index contributed by atoms with van der Waals surface area (Å²) in [5.41, 5.74) is 0.680. The van der Waals surface area contributed by atoms with E-state index in [1.807, 2.05) is 18.2 Å². The van der Waals surface area contributed by atoms with Crippen molar-refractivity contribution < 1.29 is 14.3 Å². The maximum Gasteiger partial charge on any atom is 0.228 e. The van der Waals surface area contributed by atoms with E-state index in [0.29, 0.717) is 29.0 Å². The van der Waals surface area contributed by atoms with Gasteiger partial charge in [-0.1, -0.05) is 24.3 Å². The zero-order valence-electron chi connectivity index (χ0n) is 15.7. The number of fused-ring (bicyclic) bond motifs is 1. The van der Waals surface area contributed by atoms with Crippen molar-refractivity contribution in [3.8, 4) is 11.5 Å². The van der Waals surface area contributed by atoms with E-state index in [9.17, 15) is 4.79 Å². The van der Waals surface area contributed by atoms with Crippen LogP contribution in [0.3, 0.4) is 0 Å². The number of anilines is 1. The summed E-state index contributed by atoms with van der Waals surface area (Å²) in [6, 6.07) is 5.47. The van der Waals surface area contributed by atoms with Crippen molar-refractivity contribution in [2.75, 3.05) is 19.5 Å². The maximum absolute atomic E-state index is 12.9. The molecule has 0 heterocycles. The summed E-state index contributed by atoms with van der Waals surface area (Å²) >= 11 is 0. The molecule has 1 N–H and O–H groups in total. The van der Waals surface area contributed by atoms with Gasteiger partial charge in [-0.3, -0.25) is 4.79 Å². The molecule has 0 aliphatic heterocycles. The molecule has 140 valence electrons. The molecule has 26 heavy (non-hydrogen) atoms. The third-order valence-electron chi connectivity index (χ3n) is 5.47. The van der Waals surface area contributed by atoms with E-state index in [-0.39, 0.29) is 11.8 Å². The summed E-state index contributed by atoms with van der Waals surface area (Å²) in [6.07, 6.45) is 15.6. The van der Waals surface area contributed by atoms with Crippen molar-refractivity contribution in [1.29, 1.82) is 0 Å². The topological polar surface area (TPSA) is 47.6 Å². The summed E-state index contributed by atoms with van der Waals surface area (Å²) in [5, 5.41) is 3.07. The lowest BCUT2D eigenvalue weighted by Crippen LogP contribution is -2.16. The van der Waals surface area contributed by atoms with Gasteiger partial charge in [0.05, 0.1) is 19.9 Å². The summed E-state index contributed by atoms with van der Waals surface area (Å²) in [7, 11) is 3.23. The number of methoxy groups -OCH3 is 2. The summed E-state index contributed by atoms with van der Waals surface area (Å²) < 4.78 is 10.6. The molecule has 2 aliphatic rings. The SMILES string of the molecule is COc1ccc(OC)c(NC(=O)C2C3CC/C=C\CC/C=C/CCC32)c1. The van der Waals surface area contributed by atoms with Gasteiger partial charge in [-0.15, -0.1) is 0 Å². The number of hydrogen-bond donors (Lipinski definition) is 1. The zero-order valence-corrected chi connectivity index (χ0v) is 15.7. The van der Waals surface area contributed by atoms with E-state index in [4.69, 9.17) is 9.47 Å². The molecule has 0 saturated heterocycles. The number of allylic oxidation sites excluding steroid dienone is 4. The van der Waals surface area contributed by atoms with Gasteiger partial charge in [-0.2, -0.15) is 0 Å². The largest absolute Gasteiger partial charge is 0.497 e. The Morgan fingerprint density at radius 2 is 1.54 bits per heavy atom. The number of benzene rings is 1. The van der Waals surface area contributed by atoms with Crippen molar-refractivity contribution in [2.45, 2.75) is 38.5 Å². The summed E-state index contributed by atoms with van der Waals surface area (Å²) in [6.45, 7) is 0. The van der Waals surface area contributed by atoms with Crippen molar-refractivity contribution in [3.05, 3.63) is 42.5 Å². The van der Waals surface area contributed by atoms with Crippen LogP contribution in [0.25, 0.3) is 0 Å². The van der Waals surface area contributed by atoms with Gasteiger partial charge in [0.25, 0.3) is 0 Å². The zero-order chi connectivity index (χ0) is 18.4. The molecule has 3 unspecified atom stereocenters. The average Bonchev–Trinajstić information content (AvgIpc) is 3.34. The molecule has 1 aromatic rings. The van der Waals surface area contributed by atoms with Crippen LogP contribution in [0.15, 0.2) is 42.5 Å².